The SMILES string of the molecule is Cc1ccc2c(c1)-c1cccc3oc(-c4ccccc4)c-2[n+]13.F[B-](F)(F)F. The Morgan fingerprint density at radius 3 is 2.22 bits per heavy atom. The second-order valence-corrected chi connectivity index (χ2v) is 6.27. The van der Waals surface area contributed by atoms with Gasteiger partial charge in [0, 0.05) is 11.6 Å². The van der Waals surface area contributed by atoms with Crippen LogP contribution in [0.4, 0.5) is 17.3 Å². The highest BCUT2D eigenvalue weighted by Crippen LogP contribution is 2.42. The van der Waals surface area contributed by atoms with E-state index in [1.54, 1.807) is 0 Å². The van der Waals surface area contributed by atoms with E-state index in [1.807, 2.05) is 24.3 Å². The van der Waals surface area contributed by atoms with Crippen molar-refractivity contribution in [2.24, 2.45) is 0 Å². The first kappa shape index (κ1) is 17.3. The molecule has 1 aliphatic rings. The van der Waals surface area contributed by atoms with Crippen molar-refractivity contribution >= 4 is 13.0 Å². The summed E-state index contributed by atoms with van der Waals surface area (Å²) >= 11 is 0. The highest BCUT2D eigenvalue weighted by Gasteiger charge is 2.37. The van der Waals surface area contributed by atoms with Crippen LogP contribution in [0, 0.1) is 6.92 Å². The second-order valence-electron chi connectivity index (χ2n) is 6.27. The second kappa shape index (κ2) is 6.26. The van der Waals surface area contributed by atoms with E-state index in [0.717, 1.165) is 22.7 Å². The molecule has 1 aliphatic heterocycles. The molecule has 27 heavy (non-hydrogen) atoms. The maximum absolute atomic E-state index is 9.75. The summed E-state index contributed by atoms with van der Waals surface area (Å²) in [4.78, 5) is 0. The van der Waals surface area contributed by atoms with E-state index in [1.165, 1.54) is 22.4 Å². The molecule has 0 radical (unpaired) electrons. The third kappa shape index (κ3) is 3.21. The van der Waals surface area contributed by atoms with Gasteiger partial charge >= 0.3 is 13.0 Å². The van der Waals surface area contributed by atoms with Gasteiger partial charge in [-0.25, -0.2) is 0 Å². The van der Waals surface area contributed by atoms with Gasteiger partial charge in [0.2, 0.25) is 11.5 Å². The van der Waals surface area contributed by atoms with Crippen molar-refractivity contribution in [2.45, 2.75) is 6.92 Å². The summed E-state index contributed by atoms with van der Waals surface area (Å²) in [5.41, 5.74) is 8.17. The molecule has 0 fully saturated rings. The lowest BCUT2D eigenvalue weighted by atomic mass is 10.00. The van der Waals surface area contributed by atoms with Gasteiger partial charge in [-0.05, 0) is 25.1 Å². The largest absolute Gasteiger partial charge is 0.673 e. The summed E-state index contributed by atoms with van der Waals surface area (Å²) in [6.45, 7) is 2.14. The van der Waals surface area contributed by atoms with Crippen molar-refractivity contribution in [1.29, 1.82) is 0 Å². The lowest BCUT2D eigenvalue weighted by Crippen LogP contribution is -2.20. The molecule has 5 rings (SSSR count). The predicted molar refractivity (Wildman–Crippen MR) is 96.7 cm³/mol. The number of aryl methyl sites for hydroxylation is 1. The fourth-order valence-electron chi connectivity index (χ4n) is 3.37. The van der Waals surface area contributed by atoms with Crippen LogP contribution in [0.5, 0.6) is 0 Å². The van der Waals surface area contributed by atoms with Crippen molar-refractivity contribution in [3.63, 3.8) is 0 Å². The monoisotopic (exact) mass is 371 g/mol. The third-order valence-electron chi connectivity index (χ3n) is 4.34. The molecule has 136 valence electrons. The molecular weight excluding hydrogens is 357 g/mol. The van der Waals surface area contributed by atoms with Crippen molar-refractivity contribution in [1.82, 2.24) is 0 Å². The van der Waals surface area contributed by atoms with Gasteiger partial charge in [0.25, 0.3) is 5.69 Å². The minimum absolute atomic E-state index is 0.889. The van der Waals surface area contributed by atoms with E-state index in [0.29, 0.717) is 0 Å². The molecule has 2 aromatic carbocycles. The van der Waals surface area contributed by atoms with Crippen molar-refractivity contribution in [3.05, 3.63) is 72.3 Å². The molecule has 3 heterocycles. The number of oxazole rings is 1. The molecule has 2 aromatic heterocycles. The topological polar surface area (TPSA) is 17.2 Å². The number of hydrogen-bond acceptors (Lipinski definition) is 1. The Kier molecular flexibility index (Phi) is 4.02. The molecule has 0 atom stereocenters. The van der Waals surface area contributed by atoms with Crippen LogP contribution in [0.2, 0.25) is 0 Å². The maximum Gasteiger partial charge on any atom is 0.673 e. The van der Waals surface area contributed by atoms with Gasteiger partial charge in [0.05, 0.1) is 17.2 Å². The fourth-order valence-corrected chi connectivity index (χ4v) is 3.37. The summed E-state index contributed by atoms with van der Waals surface area (Å²) in [7, 11) is -6.00. The van der Waals surface area contributed by atoms with E-state index < -0.39 is 7.25 Å². The molecule has 0 amide bonds. The zero-order valence-corrected chi connectivity index (χ0v) is 14.3. The first-order valence-corrected chi connectivity index (χ1v) is 8.34. The van der Waals surface area contributed by atoms with Crippen LogP contribution in [-0.4, -0.2) is 7.25 Å². The van der Waals surface area contributed by atoms with Gasteiger partial charge in [0.15, 0.2) is 0 Å². The van der Waals surface area contributed by atoms with Crippen molar-refractivity contribution in [3.8, 4) is 33.8 Å². The Bertz CT molecular complexity index is 1130. The minimum Gasteiger partial charge on any atom is -0.418 e. The minimum atomic E-state index is -6.00. The number of fused-ring (bicyclic) bond motifs is 3. The Balaban J connectivity index is 0.000000323. The van der Waals surface area contributed by atoms with E-state index in [9.17, 15) is 17.3 Å². The third-order valence-corrected chi connectivity index (χ3v) is 4.34. The van der Waals surface area contributed by atoms with E-state index in [2.05, 4.69) is 53.8 Å². The van der Waals surface area contributed by atoms with Gasteiger partial charge in [-0.1, -0.05) is 42.0 Å². The molecule has 0 spiro atoms. The quantitative estimate of drug-likeness (QED) is 0.202. The molecule has 0 N–H and O–H groups in total. The number of halogens is 4. The molecule has 2 nitrogen and oxygen atoms in total. The Labute approximate surface area is 152 Å². The summed E-state index contributed by atoms with van der Waals surface area (Å²) in [6.07, 6.45) is 0. The lowest BCUT2D eigenvalue weighted by Gasteiger charge is -1.99. The maximum atomic E-state index is 9.75. The molecule has 7 heteroatoms. The number of pyridine rings is 1. The van der Waals surface area contributed by atoms with E-state index >= 15 is 0 Å². The van der Waals surface area contributed by atoms with Crippen LogP contribution in [0.25, 0.3) is 39.6 Å². The average molecular weight is 371 g/mol. The van der Waals surface area contributed by atoms with Crippen LogP contribution >= 0.6 is 0 Å². The van der Waals surface area contributed by atoms with Gasteiger partial charge in [-0.15, -0.1) is 4.40 Å². The van der Waals surface area contributed by atoms with Crippen LogP contribution in [-0.2, 0) is 0 Å². The summed E-state index contributed by atoms with van der Waals surface area (Å²) in [5.74, 6) is 0.940. The van der Waals surface area contributed by atoms with Gasteiger partial charge in [-0.3, -0.25) is 0 Å². The molecule has 0 unspecified atom stereocenters. The first-order chi connectivity index (χ1) is 12.8. The Hall–Kier alpha value is -3.09. The summed E-state index contributed by atoms with van der Waals surface area (Å²) in [5, 5.41) is 0. The molecular formula is C20H14BF4NO. The standard InChI is InChI=1S/C20H14NO.BF4/c1-13-10-11-15-16(12-13)17-8-5-9-18-21(17)19(15)20(22-18)14-6-3-2-4-7-14;2-1(3,4)5/h2-12H,1H3;/q+1;-1. The highest BCUT2D eigenvalue weighted by molar-refractivity contribution is 6.50. The lowest BCUT2D eigenvalue weighted by molar-refractivity contribution is -0.485. The van der Waals surface area contributed by atoms with Crippen LogP contribution in [0.3, 0.4) is 0 Å². The number of aromatic nitrogens is 1. The number of rotatable bonds is 1. The number of hydrogen-bond donors (Lipinski definition) is 0. The van der Waals surface area contributed by atoms with Crippen LogP contribution in [0.1, 0.15) is 5.56 Å². The zero-order chi connectivity index (χ0) is 19.2. The van der Waals surface area contributed by atoms with Gasteiger partial charge < -0.3 is 21.7 Å². The molecule has 0 bridgehead atoms. The first-order valence-electron chi connectivity index (χ1n) is 8.34. The molecule has 0 saturated carbocycles. The molecule has 0 saturated heterocycles. The van der Waals surface area contributed by atoms with Gasteiger partial charge in [-0.2, -0.15) is 0 Å². The smallest absolute Gasteiger partial charge is 0.418 e. The van der Waals surface area contributed by atoms with Crippen molar-refractivity contribution in [2.75, 3.05) is 0 Å². The Morgan fingerprint density at radius 2 is 1.52 bits per heavy atom. The number of benzene rings is 2. The normalized spacial score (nSPS) is 11.9. The van der Waals surface area contributed by atoms with E-state index in [-0.39, 0.29) is 0 Å². The zero-order valence-electron chi connectivity index (χ0n) is 14.3. The Morgan fingerprint density at radius 1 is 0.815 bits per heavy atom. The summed E-state index contributed by atoms with van der Waals surface area (Å²) < 4.78 is 47.4. The predicted octanol–water partition coefficient (Wildman–Crippen LogP) is 5.94. The van der Waals surface area contributed by atoms with E-state index in [4.69, 9.17) is 4.42 Å². The van der Waals surface area contributed by atoms with Crippen molar-refractivity contribution < 1.29 is 26.1 Å². The fraction of sp³-hybridized carbons (Fsp3) is 0.0500. The molecule has 4 aromatic rings. The summed E-state index contributed by atoms with van der Waals surface area (Å²) in [6, 6.07) is 23.2. The van der Waals surface area contributed by atoms with Gasteiger partial charge in [0.1, 0.15) is 0 Å². The van der Waals surface area contributed by atoms with Crippen LogP contribution in [0.15, 0.2) is 71.1 Å². The number of nitrogens with zero attached hydrogens (tertiary/aromatic N) is 1. The van der Waals surface area contributed by atoms with Crippen LogP contribution < -0.4 is 4.40 Å². The highest BCUT2D eigenvalue weighted by atomic mass is 19.5. The molecule has 0 aliphatic carbocycles. The average Bonchev–Trinajstić information content (AvgIpc) is 3.15.